The summed E-state index contributed by atoms with van der Waals surface area (Å²) in [6.07, 6.45) is 1.87. The third-order valence-corrected chi connectivity index (χ3v) is 5.85. The standard InChI is InChI=1S/C26H29N3O2/c1-30-24-13-14-25(31-2)23(19-24)20-27-29-17-15-28(16-18-29)26(21-9-5-3-6-10-21)22-11-7-4-8-12-22/h3-14,19-20,26H,15-18H2,1-2H3/p+1/b27-20-. The first-order valence-corrected chi connectivity index (χ1v) is 10.7. The number of quaternary nitrogens is 1. The fourth-order valence-corrected chi connectivity index (χ4v) is 4.23. The number of hydrogen-bond donors (Lipinski definition) is 1. The number of nitrogens with zero attached hydrogens (tertiary/aromatic N) is 2. The number of piperazine rings is 1. The largest absolute Gasteiger partial charge is 0.497 e. The van der Waals surface area contributed by atoms with Crippen LogP contribution >= 0.6 is 0 Å². The molecule has 1 N–H and O–H groups in total. The van der Waals surface area contributed by atoms with Crippen molar-refractivity contribution in [2.75, 3.05) is 40.4 Å². The highest BCUT2D eigenvalue weighted by molar-refractivity contribution is 5.84. The predicted octanol–water partition coefficient (Wildman–Crippen LogP) is 3.03. The Morgan fingerprint density at radius 1 is 0.839 bits per heavy atom. The number of rotatable bonds is 7. The van der Waals surface area contributed by atoms with Crippen molar-refractivity contribution in [3.8, 4) is 11.5 Å². The van der Waals surface area contributed by atoms with Gasteiger partial charge in [-0.1, -0.05) is 60.7 Å². The van der Waals surface area contributed by atoms with Crippen LogP contribution in [0.15, 0.2) is 84.0 Å². The van der Waals surface area contributed by atoms with E-state index in [9.17, 15) is 0 Å². The zero-order chi connectivity index (χ0) is 21.5. The molecule has 0 aliphatic carbocycles. The third kappa shape index (κ3) is 5.06. The average molecular weight is 417 g/mol. The van der Waals surface area contributed by atoms with Crippen LogP contribution in [-0.2, 0) is 0 Å². The molecule has 0 spiro atoms. The molecular weight excluding hydrogens is 386 g/mol. The summed E-state index contributed by atoms with van der Waals surface area (Å²) >= 11 is 0. The van der Waals surface area contributed by atoms with Gasteiger partial charge in [-0.2, -0.15) is 5.10 Å². The highest BCUT2D eigenvalue weighted by Crippen LogP contribution is 2.23. The van der Waals surface area contributed by atoms with Crippen LogP contribution in [0.3, 0.4) is 0 Å². The van der Waals surface area contributed by atoms with E-state index in [1.807, 2.05) is 24.4 Å². The van der Waals surface area contributed by atoms with Gasteiger partial charge in [0.1, 0.15) is 17.5 Å². The first-order valence-electron chi connectivity index (χ1n) is 10.7. The van der Waals surface area contributed by atoms with Crippen LogP contribution in [-0.4, -0.2) is 51.6 Å². The van der Waals surface area contributed by atoms with Gasteiger partial charge in [0.25, 0.3) is 0 Å². The van der Waals surface area contributed by atoms with Crippen LogP contribution in [0, 0.1) is 0 Å². The molecule has 0 unspecified atom stereocenters. The molecule has 0 saturated carbocycles. The Hall–Kier alpha value is -3.31. The summed E-state index contributed by atoms with van der Waals surface area (Å²) in [5.74, 6) is 1.59. The van der Waals surface area contributed by atoms with Gasteiger partial charge in [-0.3, -0.25) is 5.01 Å². The van der Waals surface area contributed by atoms with Crippen molar-refractivity contribution < 1.29 is 14.4 Å². The lowest BCUT2D eigenvalue weighted by molar-refractivity contribution is -0.929. The van der Waals surface area contributed by atoms with Crippen molar-refractivity contribution in [3.63, 3.8) is 0 Å². The Labute approximate surface area is 184 Å². The minimum atomic E-state index is 0.340. The maximum absolute atomic E-state index is 5.46. The van der Waals surface area contributed by atoms with E-state index in [2.05, 4.69) is 65.7 Å². The normalized spacial score (nSPS) is 14.9. The molecule has 1 aliphatic rings. The van der Waals surface area contributed by atoms with Gasteiger partial charge in [0.2, 0.25) is 0 Å². The maximum Gasteiger partial charge on any atom is 0.139 e. The van der Waals surface area contributed by atoms with Crippen molar-refractivity contribution in [2.24, 2.45) is 5.10 Å². The van der Waals surface area contributed by atoms with E-state index in [1.165, 1.54) is 11.1 Å². The van der Waals surface area contributed by atoms with Crippen LogP contribution < -0.4 is 14.4 Å². The molecule has 5 nitrogen and oxygen atoms in total. The van der Waals surface area contributed by atoms with Crippen LogP contribution in [0.5, 0.6) is 11.5 Å². The van der Waals surface area contributed by atoms with Crippen molar-refractivity contribution >= 4 is 6.21 Å². The Morgan fingerprint density at radius 2 is 1.45 bits per heavy atom. The summed E-state index contributed by atoms with van der Waals surface area (Å²) in [5, 5.41) is 6.88. The van der Waals surface area contributed by atoms with E-state index in [4.69, 9.17) is 14.6 Å². The van der Waals surface area contributed by atoms with E-state index in [0.717, 1.165) is 43.2 Å². The van der Waals surface area contributed by atoms with Gasteiger partial charge in [0.15, 0.2) is 0 Å². The summed E-state index contributed by atoms with van der Waals surface area (Å²) < 4.78 is 10.8. The highest BCUT2D eigenvalue weighted by Gasteiger charge is 2.29. The van der Waals surface area contributed by atoms with Gasteiger partial charge in [0, 0.05) is 16.7 Å². The van der Waals surface area contributed by atoms with Crippen LogP contribution in [0.4, 0.5) is 0 Å². The number of hydrazone groups is 1. The molecule has 160 valence electrons. The van der Waals surface area contributed by atoms with Crippen LogP contribution in [0.2, 0.25) is 0 Å². The smallest absolute Gasteiger partial charge is 0.139 e. The summed E-state index contributed by atoms with van der Waals surface area (Å²) in [7, 11) is 3.34. The Balaban J connectivity index is 1.47. The Morgan fingerprint density at radius 3 is 2.00 bits per heavy atom. The molecule has 0 atom stereocenters. The monoisotopic (exact) mass is 416 g/mol. The molecule has 0 amide bonds. The summed E-state index contributed by atoms with van der Waals surface area (Å²) in [6, 6.07) is 27.7. The third-order valence-electron chi connectivity index (χ3n) is 5.85. The van der Waals surface area contributed by atoms with E-state index >= 15 is 0 Å². The molecule has 4 rings (SSSR count). The molecule has 1 aliphatic heterocycles. The first kappa shape index (κ1) is 20.9. The maximum atomic E-state index is 5.46. The van der Waals surface area contributed by atoms with Crippen molar-refractivity contribution in [2.45, 2.75) is 6.04 Å². The molecular formula is C26H30N3O2+. The van der Waals surface area contributed by atoms with Crippen LogP contribution in [0.25, 0.3) is 0 Å². The number of nitrogens with one attached hydrogen (secondary N) is 1. The van der Waals surface area contributed by atoms with Gasteiger partial charge in [-0.15, -0.1) is 0 Å². The second-order valence-electron chi connectivity index (χ2n) is 7.72. The van der Waals surface area contributed by atoms with Crippen molar-refractivity contribution in [3.05, 3.63) is 95.6 Å². The van der Waals surface area contributed by atoms with Crippen molar-refractivity contribution in [1.82, 2.24) is 5.01 Å². The number of methoxy groups -OCH3 is 2. The molecule has 1 saturated heterocycles. The quantitative estimate of drug-likeness (QED) is 0.602. The molecule has 1 heterocycles. The topological polar surface area (TPSA) is 38.5 Å². The summed E-state index contributed by atoms with van der Waals surface area (Å²) in [4.78, 5) is 1.57. The molecule has 1 fully saturated rings. The average Bonchev–Trinajstić information content (AvgIpc) is 2.85. The van der Waals surface area contributed by atoms with Gasteiger partial charge in [-0.05, 0) is 18.2 Å². The summed E-state index contributed by atoms with van der Waals surface area (Å²) in [5.41, 5.74) is 3.65. The van der Waals surface area contributed by atoms with Crippen LogP contribution in [0.1, 0.15) is 22.7 Å². The number of ether oxygens (including phenoxy) is 2. The predicted molar refractivity (Wildman–Crippen MR) is 124 cm³/mol. The lowest BCUT2D eigenvalue weighted by Gasteiger charge is -2.36. The molecule has 0 aromatic heterocycles. The molecule has 31 heavy (non-hydrogen) atoms. The molecule has 3 aromatic rings. The SMILES string of the molecule is COc1ccc(OC)c(/C=N\N2CC[NH+](C(c3ccccc3)c3ccccc3)CC2)c1. The van der Waals surface area contributed by atoms with Gasteiger partial charge >= 0.3 is 0 Å². The number of benzene rings is 3. The van der Waals surface area contributed by atoms with Gasteiger partial charge < -0.3 is 14.4 Å². The molecule has 0 radical (unpaired) electrons. The van der Waals surface area contributed by atoms with E-state index < -0.39 is 0 Å². The molecule has 3 aromatic carbocycles. The lowest BCUT2D eigenvalue weighted by atomic mass is 9.96. The van der Waals surface area contributed by atoms with Crippen molar-refractivity contribution in [1.29, 1.82) is 0 Å². The first-order chi connectivity index (χ1) is 15.3. The second kappa shape index (κ2) is 10.1. The minimum absolute atomic E-state index is 0.340. The van der Waals surface area contributed by atoms with E-state index in [1.54, 1.807) is 19.1 Å². The zero-order valence-electron chi connectivity index (χ0n) is 18.2. The highest BCUT2D eigenvalue weighted by atomic mass is 16.5. The Kier molecular flexibility index (Phi) is 6.85. The molecule has 0 bridgehead atoms. The fourth-order valence-electron chi connectivity index (χ4n) is 4.23. The van der Waals surface area contributed by atoms with Gasteiger partial charge in [-0.25, -0.2) is 0 Å². The van der Waals surface area contributed by atoms with E-state index in [0.29, 0.717) is 6.04 Å². The van der Waals surface area contributed by atoms with Gasteiger partial charge in [0.05, 0.1) is 46.6 Å². The fraction of sp³-hybridized carbons (Fsp3) is 0.269. The second-order valence-corrected chi connectivity index (χ2v) is 7.72. The molecule has 5 heteroatoms. The lowest BCUT2D eigenvalue weighted by Crippen LogP contribution is -3.15. The summed E-state index contributed by atoms with van der Waals surface area (Å²) in [6.45, 7) is 3.88. The van der Waals surface area contributed by atoms with E-state index in [-0.39, 0.29) is 0 Å². The Bertz CT molecular complexity index is 945. The minimum Gasteiger partial charge on any atom is -0.497 e. The zero-order valence-corrected chi connectivity index (χ0v) is 18.2. The number of hydrogen-bond acceptors (Lipinski definition) is 4.